The molecule has 0 unspecified atom stereocenters. The second-order valence-corrected chi connectivity index (χ2v) is 2.19. The lowest BCUT2D eigenvalue weighted by molar-refractivity contribution is 0.584. The van der Waals surface area contributed by atoms with Crippen molar-refractivity contribution >= 4 is 18.5 Å². The monoisotopic (exact) mass is 167 g/mol. The van der Waals surface area contributed by atoms with E-state index in [1.165, 1.54) is 6.08 Å². The predicted molar refractivity (Wildman–Crippen MR) is 45.7 cm³/mol. The van der Waals surface area contributed by atoms with E-state index in [1.54, 1.807) is 0 Å². The zero-order valence-corrected chi connectivity index (χ0v) is 6.35. The van der Waals surface area contributed by atoms with E-state index in [2.05, 4.69) is 18.3 Å². The summed E-state index contributed by atoms with van der Waals surface area (Å²) in [5, 5.41) is 0. The molecule has 0 heterocycles. The summed E-state index contributed by atoms with van der Waals surface area (Å²) in [4.78, 5) is 3.42. The summed E-state index contributed by atoms with van der Waals surface area (Å²) in [5.74, 6) is -1.37. The van der Waals surface area contributed by atoms with Crippen molar-refractivity contribution in [1.82, 2.24) is 0 Å². The molecule has 62 valence electrons. The van der Waals surface area contributed by atoms with Gasteiger partial charge in [0.25, 0.3) is 0 Å². The largest absolute Gasteiger partial charge is 0.261 e. The van der Waals surface area contributed by atoms with Gasteiger partial charge in [-0.05, 0) is 12.8 Å². The highest BCUT2D eigenvalue weighted by molar-refractivity contribution is 5.65. The Bertz CT molecular complexity index is 332. The second-order valence-electron chi connectivity index (χ2n) is 2.19. The smallest absolute Gasteiger partial charge is 0.152 e. The molecule has 1 nitrogen and oxygen atoms in total. The Hall–Kier alpha value is -1.51. The lowest BCUT2D eigenvalue weighted by Crippen LogP contribution is -1.84. The van der Waals surface area contributed by atoms with E-state index in [0.717, 1.165) is 12.1 Å². The molecule has 0 fully saturated rings. The lowest BCUT2D eigenvalue weighted by atomic mass is 10.1. The van der Waals surface area contributed by atoms with Crippen LogP contribution in [-0.4, -0.2) is 6.72 Å². The van der Waals surface area contributed by atoms with Crippen molar-refractivity contribution < 1.29 is 8.78 Å². The first-order chi connectivity index (χ1) is 5.69. The van der Waals surface area contributed by atoms with Crippen LogP contribution < -0.4 is 0 Å². The summed E-state index contributed by atoms with van der Waals surface area (Å²) in [6.45, 7) is 6.57. The van der Waals surface area contributed by atoms with E-state index in [1.807, 2.05) is 0 Å². The highest BCUT2D eigenvalue weighted by atomic mass is 19.1. The van der Waals surface area contributed by atoms with Crippen LogP contribution in [0.3, 0.4) is 0 Å². The van der Waals surface area contributed by atoms with E-state index in [-0.39, 0.29) is 5.69 Å². The van der Waals surface area contributed by atoms with E-state index >= 15 is 0 Å². The number of nitrogens with zero attached hydrogens (tertiary/aromatic N) is 1. The first-order valence-electron chi connectivity index (χ1n) is 3.27. The first kappa shape index (κ1) is 8.59. The first-order valence-corrected chi connectivity index (χ1v) is 3.27. The fourth-order valence-corrected chi connectivity index (χ4v) is 0.908. The van der Waals surface area contributed by atoms with Gasteiger partial charge in [0.05, 0.1) is 0 Å². The minimum absolute atomic E-state index is 0.0337. The van der Waals surface area contributed by atoms with Crippen molar-refractivity contribution in [2.45, 2.75) is 0 Å². The molecule has 0 bridgehead atoms. The highest BCUT2D eigenvalue weighted by Gasteiger charge is 2.06. The van der Waals surface area contributed by atoms with Gasteiger partial charge in [0.2, 0.25) is 0 Å². The number of benzene rings is 1. The quantitative estimate of drug-likeness (QED) is 0.600. The Morgan fingerprint density at radius 1 is 1.33 bits per heavy atom. The average Bonchev–Trinajstić information content (AvgIpc) is 2.03. The van der Waals surface area contributed by atoms with Crippen LogP contribution in [0.1, 0.15) is 5.56 Å². The van der Waals surface area contributed by atoms with E-state index in [4.69, 9.17) is 0 Å². The molecule has 1 aromatic rings. The van der Waals surface area contributed by atoms with Gasteiger partial charge in [0.1, 0.15) is 11.5 Å². The zero-order chi connectivity index (χ0) is 9.14. The molecule has 0 atom stereocenters. The number of halogens is 2. The molecule has 0 N–H and O–H groups in total. The SMILES string of the molecule is C=Cc1cc(F)cc(F)c1N=C. The van der Waals surface area contributed by atoms with Crippen molar-refractivity contribution in [3.63, 3.8) is 0 Å². The molecule has 0 aliphatic heterocycles. The van der Waals surface area contributed by atoms with Crippen molar-refractivity contribution in [3.8, 4) is 0 Å². The molecule has 0 aliphatic carbocycles. The van der Waals surface area contributed by atoms with Crippen molar-refractivity contribution in [2.24, 2.45) is 4.99 Å². The Balaban J connectivity index is 3.43. The van der Waals surface area contributed by atoms with Gasteiger partial charge in [0.15, 0.2) is 5.82 Å². The molecule has 12 heavy (non-hydrogen) atoms. The molecule has 0 spiro atoms. The third kappa shape index (κ3) is 1.39. The van der Waals surface area contributed by atoms with Crippen LogP contribution in [0.15, 0.2) is 23.7 Å². The second kappa shape index (κ2) is 3.26. The normalized spacial score (nSPS) is 9.50. The Labute approximate surface area is 69.1 Å². The minimum atomic E-state index is -0.722. The van der Waals surface area contributed by atoms with Gasteiger partial charge in [-0.3, -0.25) is 4.99 Å². The molecule has 0 aliphatic rings. The van der Waals surface area contributed by atoms with Gasteiger partial charge in [-0.1, -0.05) is 12.7 Å². The average molecular weight is 167 g/mol. The molecular formula is C9H7F2N. The Kier molecular flexibility index (Phi) is 2.33. The summed E-state index contributed by atoms with van der Waals surface area (Å²) in [7, 11) is 0. The molecule has 0 radical (unpaired) electrons. The summed E-state index contributed by atoms with van der Waals surface area (Å²) >= 11 is 0. The molecule has 0 amide bonds. The van der Waals surface area contributed by atoms with Crippen LogP contribution in [-0.2, 0) is 0 Å². The molecule has 0 saturated carbocycles. The maximum Gasteiger partial charge on any atom is 0.152 e. The summed E-state index contributed by atoms with van der Waals surface area (Å²) < 4.78 is 25.5. The van der Waals surface area contributed by atoms with E-state index in [9.17, 15) is 8.78 Å². The standard InChI is InChI=1S/C9H7F2N/c1-3-6-4-7(10)5-8(11)9(6)12-2/h3-5H,1-2H2. The van der Waals surface area contributed by atoms with Crippen LogP contribution in [0.2, 0.25) is 0 Å². The molecular weight excluding hydrogens is 160 g/mol. The Morgan fingerprint density at radius 3 is 2.50 bits per heavy atom. The minimum Gasteiger partial charge on any atom is -0.261 e. The van der Waals surface area contributed by atoms with Crippen LogP contribution in [0, 0.1) is 11.6 Å². The number of hydrogen-bond donors (Lipinski definition) is 0. The third-order valence-corrected chi connectivity index (χ3v) is 1.44. The van der Waals surface area contributed by atoms with E-state index in [0.29, 0.717) is 5.56 Å². The molecule has 1 aromatic carbocycles. The zero-order valence-electron chi connectivity index (χ0n) is 6.35. The van der Waals surface area contributed by atoms with E-state index < -0.39 is 11.6 Å². The highest BCUT2D eigenvalue weighted by Crippen LogP contribution is 2.24. The Morgan fingerprint density at radius 2 is 2.00 bits per heavy atom. The number of hydrogen-bond acceptors (Lipinski definition) is 1. The molecule has 1 rings (SSSR count). The van der Waals surface area contributed by atoms with Crippen LogP contribution in [0.25, 0.3) is 6.08 Å². The molecule has 0 saturated heterocycles. The maximum atomic E-state index is 12.9. The molecule has 0 aromatic heterocycles. The van der Waals surface area contributed by atoms with Gasteiger partial charge in [-0.15, -0.1) is 0 Å². The fourth-order valence-electron chi connectivity index (χ4n) is 0.908. The summed E-state index contributed by atoms with van der Waals surface area (Å²) in [5.41, 5.74) is 0.342. The lowest BCUT2D eigenvalue weighted by Gasteiger charge is -2.00. The molecule has 3 heteroatoms. The number of aliphatic imine (C=N–C) groups is 1. The van der Waals surface area contributed by atoms with Crippen LogP contribution in [0.5, 0.6) is 0 Å². The van der Waals surface area contributed by atoms with Gasteiger partial charge in [-0.25, -0.2) is 8.78 Å². The van der Waals surface area contributed by atoms with Gasteiger partial charge < -0.3 is 0 Å². The summed E-state index contributed by atoms with van der Waals surface area (Å²) in [6, 6.07) is 1.91. The third-order valence-electron chi connectivity index (χ3n) is 1.44. The topological polar surface area (TPSA) is 12.4 Å². The number of rotatable bonds is 2. The fraction of sp³-hybridized carbons (Fsp3) is 0. The van der Waals surface area contributed by atoms with Gasteiger partial charge >= 0.3 is 0 Å². The maximum absolute atomic E-state index is 12.9. The van der Waals surface area contributed by atoms with Crippen molar-refractivity contribution in [1.29, 1.82) is 0 Å². The van der Waals surface area contributed by atoms with Gasteiger partial charge in [0, 0.05) is 11.6 Å². The van der Waals surface area contributed by atoms with Crippen LogP contribution >= 0.6 is 0 Å². The van der Waals surface area contributed by atoms with Crippen molar-refractivity contribution in [2.75, 3.05) is 0 Å². The summed E-state index contributed by atoms with van der Waals surface area (Å²) in [6.07, 6.45) is 1.33. The van der Waals surface area contributed by atoms with Crippen molar-refractivity contribution in [3.05, 3.63) is 35.9 Å². The van der Waals surface area contributed by atoms with Gasteiger partial charge in [-0.2, -0.15) is 0 Å². The predicted octanol–water partition coefficient (Wildman–Crippen LogP) is 2.94. The van der Waals surface area contributed by atoms with Crippen LogP contribution in [0.4, 0.5) is 14.5 Å².